The minimum Gasteiger partial charge on any atom is -0.339 e. The Kier molecular flexibility index (Phi) is 5.30. The first-order valence-electron chi connectivity index (χ1n) is 8.72. The summed E-state index contributed by atoms with van der Waals surface area (Å²) in [5.74, 6) is 0.204. The smallest absolute Gasteiger partial charge is 0.244 e. The van der Waals surface area contributed by atoms with E-state index >= 15 is 0 Å². The molecule has 1 aromatic heterocycles. The highest BCUT2D eigenvalue weighted by Gasteiger charge is 2.32. The van der Waals surface area contributed by atoms with Gasteiger partial charge in [0.2, 0.25) is 5.91 Å². The summed E-state index contributed by atoms with van der Waals surface area (Å²) in [6.45, 7) is 4.53. The summed E-state index contributed by atoms with van der Waals surface area (Å²) < 4.78 is 2.13. The number of likely N-dealkylation sites (tertiary alicyclic amines) is 1. The lowest BCUT2D eigenvalue weighted by Gasteiger charge is -2.37. The molecule has 0 unspecified atom stereocenters. The molecule has 3 rings (SSSR count). The molecular formula is C19H26N4O. The summed E-state index contributed by atoms with van der Waals surface area (Å²) in [5, 5.41) is 0. The molecule has 0 saturated carbocycles. The van der Waals surface area contributed by atoms with E-state index in [1.807, 2.05) is 54.8 Å². The van der Waals surface area contributed by atoms with Crippen molar-refractivity contribution in [1.82, 2.24) is 19.4 Å². The van der Waals surface area contributed by atoms with Crippen molar-refractivity contribution >= 4 is 5.91 Å². The Bertz CT molecular complexity index is 641. The predicted molar refractivity (Wildman–Crippen MR) is 94.6 cm³/mol. The molecule has 1 aromatic carbocycles. The number of hydrogen-bond donors (Lipinski definition) is 0. The number of rotatable bonds is 5. The van der Waals surface area contributed by atoms with Crippen molar-refractivity contribution in [3.8, 4) is 0 Å². The van der Waals surface area contributed by atoms with Crippen LogP contribution >= 0.6 is 0 Å². The number of amides is 1. The molecule has 5 nitrogen and oxygen atoms in total. The van der Waals surface area contributed by atoms with Gasteiger partial charge in [0.25, 0.3) is 0 Å². The molecule has 2 aromatic rings. The van der Waals surface area contributed by atoms with E-state index in [1.165, 1.54) is 0 Å². The van der Waals surface area contributed by atoms with E-state index < -0.39 is 0 Å². The summed E-state index contributed by atoms with van der Waals surface area (Å²) in [7, 11) is 2.02. The van der Waals surface area contributed by atoms with Crippen LogP contribution in [0.1, 0.15) is 37.4 Å². The maximum Gasteiger partial charge on any atom is 0.244 e. The molecule has 1 aliphatic heterocycles. The van der Waals surface area contributed by atoms with E-state index in [4.69, 9.17) is 0 Å². The van der Waals surface area contributed by atoms with E-state index in [0.29, 0.717) is 6.04 Å². The minimum atomic E-state index is -0.210. The fourth-order valence-electron chi connectivity index (χ4n) is 3.46. The average Bonchev–Trinajstić information content (AvgIpc) is 3.17. The van der Waals surface area contributed by atoms with Crippen molar-refractivity contribution in [3.05, 3.63) is 54.6 Å². The molecule has 1 fully saturated rings. The molecular weight excluding hydrogens is 300 g/mol. The molecule has 1 saturated heterocycles. The summed E-state index contributed by atoms with van der Waals surface area (Å²) >= 11 is 0. The largest absolute Gasteiger partial charge is 0.339 e. The van der Waals surface area contributed by atoms with E-state index in [2.05, 4.69) is 21.4 Å². The molecule has 0 radical (unpaired) electrons. The van der Waals surface area contributed by atoms with E-state index in [9.17, 15) is 4.79 Å². The maximum absolute atomic E-state index is 13.3. The van der Waals surface area contributed by atoms with Gasteiger partial charge in [0.05, 0.1) is 12.4 Å². The SMILES string of the molecule is CCN(C)[C@@H](C(=O)N1CCC[C@@H](n2ccnc2)C1)c1ccccc1. The number of carbonyl (C=O) groups is 1. The number of carbonyl (C=O) groups excluding carboxylic acids is 1. The second kappa shape index (κ2) is 7.62. The van der Waals surface area contributed by atoms with Gasteiger partial charge in [-0.1, -0.05) is 37.3 Å². The number of likely N-dealkylation sites (N-methyl/N-ethyl adjacent to an activating group) is 1. The topological polar surface area (TPSA) is 41.4 Å². The highest BCUT2D eigenvalue weighted by molar-refractivity contribution is 5.83. The molecule has 1 aliphatic rings. The molecule has 2 heterocycles. The van der Waals surface area contributed by atoms with Crippen molar-refractivity contribution in [2.45, 2.75) is 31.8 Å². The number of aromatic nitrogens is 2. The Morgan fingerprint density at radius 2 is 2.17 bits per heavy atom. The lowest BCUT2D eigenvalue weighted by Crippen LogP contribution is -2.46. The Morgan fingerprint density at radius 1 is 1.38 bits per heavy atom. The molecule has 24 heavy (non-hydrogen) atoms. The number of piperidine rings is 1. The summed E-state index contributed by atoms with van der Waals surface area (Å²) in [5.41, 5.74) is 1.07. The van der Waals surface area contributed by atoms with Crippen molar-refractivity contribution in [2.75, 3.05) is 26.7 Å². The predicted octanol–water partition coefficient (Wildman–Crippen LogP) is 2.74. The van der Waals surface area contributed by atoms with Gasteiger partial charge in [-0.3, -0.25) is 9.69 Å². The molecule has 0 aliphatic carbocycles. The van der Waals surface area contributed by atoms with Crippen LogP contribution in [0.5, 0.6) is 0 Å². The second-order valence-corrected chi connectivity index (χ2v) is 6.48. The van der Waals surface area contributed by atoms with Crippen LogP contribution in [0.25, 0.3) is 0 Å². The standard InChI is InChI=1S/C19H26N4O/c1-3-21(2)18(16-8-5-4-6-9-16)19(24)22-12-7-10-17(14-22)23-13-11-20-15-23/h4-6,8-9,11,13,15,17-18H,3,7,10,12,14H2,1-2H3/t17-,18-/m1/s1. The van der Waals surface area contributed by atoms with Gasteiger partial charge in [0.1, 0.15) is 6.04 Å². The lowest BCUT2D eigenvalue weighted by atomic mass is 10.0. The normalized spacial score (nSPS) is 19.5. The summed E-state index contributed by atoms with van der Waals surface area (Å²) in [4.78, 5) is 21.6. The van der Waals surface area contributed by atoms with Crippen LogP contribution in [0, 0.1) is 0 Å². The molecule has 1 amide bonds. The van der Waals surface area contributed by atoms with Gasteiger partial charge in [0, 0.05) is 25.5 Å². The molecule has 0 spiro atoms. The van der Waals surface area contributed by atoms with Gasteiger partial charge >= 0.3 is 0 Å². The fraction of sp³-hybridized carbons (Fsp3) is 0.474. The van der Waals surface area contributed by atoms with Crippen LogP contribution in [-0.2, 0) is 4.79 Å². The second-order valence-electron chi connectivity index (χ2n) is 6.48. The van der Waals surface area contributed by atoms with Crippen LogP contribution in [0.2, 0.25) is 0 Å². The Morgan fingerprint density at radius 3 is 2.83 bits per heavy atom. The highest BCUT2D eigenvalue weighted by atomic mass is 16.2. The van der Waals surface area contributed by atoms with E-state index in [-0.39, 0.29) is 11.9 Å². The molecule has 128 valence electrons. The van der Waals surface area contributed by atoms with Crippen molar-refractivity contribution in [2.24, 2.45) is 0 Å². The van der Waals surface area contributed by atoms with Crippen molar-refractivity contribution < 1.29 is 4.79 Å². The Balaban J connectivity index is 1.79. The highest BCUT2D eigenvalue weighted by Crippen LogP contribution is 2.27. The molecule has 2 atom stereocenters. The molecule has 5 heteroatoms. The summed E-state index contributed by atoms with van der Waals surface area (Å²) in [6, 6.07) is 10.2. The van der Waals surface area contributed by atoms with Crippen LogP contribution in [0.4, 0.5) is 0 Å². The van der Waals surface area contributed by atoms with Gasteiger partial charge in [0.15, 0.2) is 0 Å². The van der Waals surface area contributed by atoms with Crippen LogP contribution in [-0.4, -0.2) is 51.9 Å². The van der Waals surface area contributed by atoms with Crippen LogP contribution < -0.4 is 0 Å². The third kappa shape index (κ3) is 3.51. The third-order valence-corrected chi connectivity index (χ3v) is 4.94. The number of nitrogens with zero attached hydrogens (tertiary/aromatic N) is 4. The van der Waals surface area contributed by atoms with Gasteiger partial charge in [-0.2, -0.15) is 0 Å². The molecule has 0 bridgehead atoms. The van der Waals surface area contributed by atoms with Crippen LogP contribution in [0.3, 0.4) is 0 Å². The Hall–Kier alpha value is -2.14. The monoisotopic (exact) mass is 326 g/mol. The first-order valence-corrected chi connectivity index (χ1v) is 8.72. The van der Waals surface area contributed by atoms with Gasteiger partial charge in [-0.15, -0.1) is 0 Å². The first-order chi connectivity index (χ1) is 11.7. The maximum atomic E-state index is 13.3. The van der Waals surface area contributed by atoms with E-state index in [0.717, 1.165) is 38.0 Å². The van der Waals surface area contributed by atoms with Gasteiger partial charge in [-0.25, -0.2) is 4.98 Å². The quantitative estimate of drug-likeness (QED) is 0.848. The zero-order chi connectivity index (χ0) is 16.9. The Labute approximate surface area is 143 Å². The van der Waals surface area contributed by atoms with Crippen molar-refractivity contribution in [3.63, 3.8) is 0 Å². The number of imidazole rings is 1. The minimum absolute atomic E-state index is 0.204. The fourth-order valence-corrected chi connectivity index (χ4v) is 3.46. The zero-order valence-corrected chi connectivity index (χ0v) is 14.5. The first kappa shape index (κ1) is 16.7. The number of benzene rings is 1. The molecule has 0 N–H and O–H groups in total. The van der Waals surface area contributed by atoms with Crippen molar-refractivity contribution in [1.29, 1.82) is 0 Å². The van der Waals surface area contributed by atoms with Gasteiger partial charge < -0.3 is 9.47 Å². The van der Waals surface area contributed by atoms with E-state index in [1.54, 1.807) is 6.20 Å². The lowest BCUT2D eigenvalue weighted by molar-refractivity contribution is -0.138. The zero-order valence-electron chi connectivity index (χ0n) is 14.5. The van der Waals surface area contributed by atoms with Gasteiger partial charge in [-0.05, 0) is 32.0 Å². The third-order valence-electron chi connectivity index (χ3n) is 4.94. The number of hydrogen-bond acceptors (Lipinski definition) is 3. The average molecular weight is 326 g/mol. The van der Waals surface area contributed by atoms with Crippen LogP contribution in [0.15, 0.2) is 49.1 Å². The summed E-state index contributed by atoms with van der Waals surface area (Å²) in [6.07, 6.45) is 7.78.